The zero-order valence-corrected chi connectivity index (χ0v) is 21.9. The van der Waals surface area contributed by atoms with Gasteiger partial charge in [-0.05, 0) is 56.0 Å². The highest BCUT2D eigenvalue weighted by molar-refractivity contribution is 6.05. The van der Waals surface area contributed by atoms with Crippen LogP contribution in [0.3, 0.4) is 0 Å². The predicted molar refractivity (Wildman–Crippen MR) is 150 cm³/mol. The first-order valence-corrected chi connectivity index (χ1v) is 13.0. The Bertz CT molecular complexity index is 1530. The van der Waals surface area contributed by atoms with E-state index in [1.165, 1.54) is 18.8 Å². The van der Waals surface area contributed by atoms with Crippen molar-refractivity contribution in [2.75, 3.05) is 23.4 Å². The van der Waals surface area contributed by atoms with Gasteiger partial charge < -0.3 is 10.0 Å². The molecule has 1 fully saturated rings. The number of carbonyl (C=O) groups is 3. The third-order valence-electron chi connectivity index (χ3n) is 6.68. The lowest BCUT2D eigenvalue weighted by atomic mass is 9.97. The van der Waals surface area contributed by atoms with Crippen LogP contribution in [-0.2, 0) is 0 Å². The maximum absolute atomic E-state index is 13.5. The number of nitrogens with zero attached hydrogens (tertiary/aromatic N) is 4. The van der Waals surface area contributed by atoms with Crippen molar-refractivity contribution in [3.05, 3.63) is 89.9 Å². The standard InChI is InChI=1S/C29H29N7O4/c1-19-7-5-8-21(17-19)24-25(20-10-12-23(13-11-20)35-15-3-2-4-16-35)33-36(34-29(39)40)26(24)28(38)32-31-27(37)22-9-6-14-30-18-22/h5-14,17-18,34H,2-4,15-16H2,1H3,(H,31,37)(H,32,38)(H,39,40). The van der Waals surface area contributed by atoms with E-state index < -0.39 is 17.9 Å². The first kappa shape index (κ1) is 26.4. The maximum atomic E-state index is 13.5. The summed E-state index contributed by atoms with van der Waals surface area (Å²) in [7, 11) is 0. The molecule has 3 heterocycles. The number of nitrogens with one attached hydrogen (secondary N) is 3. The number of benzene rings is 2. The van der Waals surface area contributed by atoms with Crippen LogP contribution in [0.25, 0.3) is 22.4 Å². The zero-order chi connectivity index (χ0) is 28.1. The van der Waals surface area contributed by atoms with Crippen LogP contribution in [-0.4, -0.2) is 51.0 Å². The monoisotopic (exact) mass is 539 g/mol. The number of hydrazine groups is 1. The molecule has 4 N–H and O–H groups in total. The van der Waals surface area contributed by atoms with E-state index in [4.69, 9.17) is 0 Å². The Morgan fingerprint density at radius 2 is 1.62 bits per heavy atom. The Morgan fingerprint density at radius 1 is 0.875 bits per heavy atom. The summed E-state index contributed by atoms with van der Waals surface area (Å²) in [6.45, 7) is 3.92. The van der Waals surface area contributed by atoms with Crippen molar-refractivity contribution in [2.45, 2.75) is 26.2 Å². The van der Waals surface area contributed by atoms with Crippen molar-refractivity contribution in [2.24, 2.45) is 0 Å². The van der Waals surface area contributed by atoms with Crippen LogP contribution in [0.15, 0.2) is 73.1 Å². The molecule has 0 bridgehead atoms. The summed E-state index contributed by atoms with van der Waals surface area (Å²) in [6.07, 6.45) is 5.03. The van der Waals surface area contributed by atoms with Gasteiger partial charge in [0.05, 0.1) is 5.56 Å². The Morgan fingerprint density at radius 3 is 2.30 bits per heavy atom. The van der Waals surface area contributed by atoms with E-state index in [1.807, 2.05) is 55.5 Å². The minimum Gasteiger partial charge on any atom is -0.464 e. The minimum atomic E-state index is -1.40. The molecule has 2 aromatic heterocycles. The average molecular weight is 540 g/mol. The molecule has 0 unspecified atom stereocenters. The molecule has 2 aromatic carbocycles. The molecule has 5 rings (SSSR count). The highest BCUT2D eigenvalue weighted by Crippen LogP contribution is 2.36. The average Bonchev–Trinajstić information content (AvgIpc) is 3.35. The first-order valence-electron chi connectivity index (χ1n) is 13.0. The molecule has 204 valence electrons. The van der Waals surface area contributed by atoms with Crippen molar-refractivity contribution in [1.29, 1.82) is 0 Å². The molecule has 0 saturated carbocycles. The van der Waals surface area contributed by atoms with E-state index in [0.717, 1.165) is 42.0 Å². The summed E-state index contributed by atoms with van der Waals surface area (Å²) in [5, 5.41) is 14.0. The van der Waals surface area contributed by atoms with Crippen molar-refractivity contribution < 1.29 is 19.5 Å². The highest BCUT2D eigenvalue weighted by Gasteiger charge is 2.27. The van der Waals surface area contributed by atoms with Crippen LogP contribution >= 0.6 is 0 Å². The van der Waals surface area contributed by atoms with Gasteiger partial charge in [-0.3, -0.25) is 25.4 Å². The number of aryl methyl sites for hydroxylation is 1. The highest BCUT2D eigenvalue weighted by atomic mass is 16.4. The number of carbonyl (C=O) groups excluding carboxylic acids is 2. The number of anilines is 1. The van der Waals surface area contributed by atoms with Crippen LogP contribution in [0.5, 0.6) is 0 Å². The maximum Gasteiger partial charge on any atom is 0.425 e. The number of rotatable bonds is 6. The second-order valence-corrected chi connectivity index (χ2v) is 9.51. The number of hydrogen-bond acceptors (Lipinski definition) is 6. The van der Waals surface area contributed by atoms with Gasteiger partial charge in [-0.25, -0.2) is 10.2 Å². The van der Waals surface area contributed by atoms with Gasteiger partial charge in [-0.2, -0.15) is 9.89 Å². The Labute approximate surface area is 230 Å². The van der Waals surface area contributed by atoms with Gasteiger partial charge in [-0.1, -0.05) is 42.0 Å². The topological polar surface area (TPSA) is 141 Å². The van der Waals surface area contributed by atoms with Crippen molar-refractivity contribution >= 4 is 23.6 Å². The number of aromatic nitrogens is 3. The number of carboxylic acid groups (broad SMARTS) is 1. The summed E-state index contributed by atoms with van der Waals surface area (Å²) in [4.78, 5) is 44.9. The lowest BCUT2D eigenvalue weighted by Crippen LogP contribution is -2.43. The third-order valence-corrected chi connectivity index (χ3v) is 6.68. The van der Waals surface area contributed by atoms with Crippen molar-refractivity contribution in [3.8, 4) is 22.4 Å². The Hall–Kier alpha value is -5.19. The summed E-state index contributed by atoms with van der Waals surface area (Å²) in [5.74, 6) is -1.34. The molecule has 11 nitrogen and oxygen atoms in total. The molecule has 1 aliphatic heterocycles. The fraction of sp³-hybridized carbons (Fsp3) is 0.207. The number of pyridine rings is 1. The van der Waals surface area contributed by atoms with Gasteiger partial charge in [0.1, 0.15) is 5.69 Å². The van der Waals surface area contributed by atoms with E-state index in [9.17, 15) is 19.5 Å². The van der Waals surface area contributed by atoms with Crippen molar-refractivity contribution in [1.82, 2.24) is 25.7 Å². The number of amides is 3. The second kappa shape index (κ2) is 11.7. The minimum absolute atomic E-state index is 0.0883. The van der Waals surface area contributed by atoms with Crippen LogP contribution in [0.4, 0.5) is 10.5 Å². The lowest BCUT2D eigenvalue weighted by Gasteiger charge is -2.28. The molecule has 0 radical (unpaired) electrons. The summed E-state index contributed by atoms with van der Waals surface area (Å²) >= 11 is 0. The van der Waals surface area contributed by atoms with Crippen LogP contribution in [0.2, 0.25) is 0 Å². The van der Waals surface area contributed by atoms with E-state index in [0.29, 0.717) is 22.4 Å². The molecular formula is C29H29N7O4. The summed E-state index contributed by atoms with van der Waals surface area (Å²) < 4.78 is 0. The summed E-state index contributed by atoms with van der Waals surface area (Å²) in [5.41, 5.74) is 11.3. The molecule has 4 aromatic rings. The van der Waals surface area contributed by atoms with Gasteiger partial charge in [0.25, 0.3) is 11.8 Å². The first-order chi connectivity index (χ1) is 19.4. The van der Waals surface area contributed by atoms with E-state index in [1.54, 1.807) is 12.1 Å². The van der Waals surface area contributed by atoms with Crippen LogP contribution in [0, 0.1) is 6.92 Å². The third kappa shape index (κ3) is 5.78. The quantitative estimate of drug-likeness (QED) is 0.269. The SMILES string of the molecule is Cc1cccc(-c2c(-c3ccc(N4CCCCC4)cc3)nn(NC(=O)O)c2C(=O)NNC(=O)c2cccnc2)c1. The largest absolute Gasteiger partial charge is 0.464 e. The van der Waals surface area contributed by atoms with Gasteiger partial charge in [-0.15, -0.1) is 0 Å². The van der Waals surface area contributed by atoms with Crippen LogP contribution < -0.4 is 21.2 Å². The molecule has 1 aliphatic rings. The molecule has 11 heteroatoms. The molecule has 0 atom stereocenters. The molecule has 40 heavy (non-hydrogen) atoms. The van der Waals surface area contributed by atoms with E-state index >= 15 is 0 Å². The Balaban J connectivity index is 1.56. The lowest BCUT2D eigenvalue weighted by molar-refractivity contribution is 0.0841. The van der Waals surface area contributed by atoms with Crippen LogP contribution in [0.1, 0.15) is 45.7 Å². The van der Waals surface area contributed by atoms with E-state index in [-0.39, 0.29) is 11.3 Å². The molecular weight excluding hydrogens is 510 g/mol. The van der Waals surface area contributed by atoms with Gasteiger partial charge in [0.2, 0.25) is 0 Å². The molecule has 3 amide bonds. The van der Waals surface area contributed by atoms with Crippen molar-refractivity contribution in [3.63, 3.8) is 0 Å². The molecule has 0 aliphatic carbocycles. The van der Waals surface area contributed by atoms with E-state index in [2.05, 4.69) is 31.3 Å². The second-order valence-electron chi connectivity index (χ2n) is 9.51. The zero-order valence-electron chi connectivity index (χ0n) is 21.9. The van der Waals surface area contributed by atoms with Gasteiger partial charge >= 0.3 is 6.09 Å². The molecule has 1 saturated heterocycles. The smallest absolute Gasteiger partial charge is 0.425 e. The fourth-order valence-electron chi connectivity index (χ4n) is 4.80. The Kier molecular flexibility index (Phi) is 7.72. The number of piperidine rings is 1. The number of hydrogen-bond donors (Lipinski definition) is 4. The predicted octanol–water partition coefficient (Wildman–Crippen LogP) is 4.21. The summed E-state index contributed by atoms with van der Waals surface area (Å²) in [6, 6.07) is 18.5. The molecule has 0 spiro atoms. The normalized spacial score (nSPS) is 13.0. The van der Waals surface area contributed by atoms with Gasteiger partial charge in [0.15, 0.2) is 5.69 Å². The van der Waals surface area contributed by atoms with Gasteiger partial charge in [0, 0.05) is 42.3 Å². The fourth-order valence-corrected chi connectivity index (χ4v) is 4.80.